The lowest BCUT2D eigenvalue weighted by molar-refractivity contribution is -0.126. The predicted octanol–water partition coefficient (Wildman–Crippen LogP) is 3.86. The van der Waals surface area contributed by atoms with Crippen molar-refractivity contribution in [3.63, 3.8) is 0 Å². The standard InChI is InChI=1S/C22H25N3O2S/c26-22(18-8-10-25(11-9-18)15-20-7-4-12-27-20)23-14-19-16-28-21(24-19)13-17-5-2-1-3-6-17/h1-7,12,16,18H,8-11,13-15H2,(H,23,26). The van der Waals surface area contributed by atoms with Crippen LogP contribution < -0.4 is 5.32 Å². The van der Waals surface area contributed by atoms with E-state index in [4.69, 9.17) is 4.42 Å². The van der Waals surface area contributed by atoms with E-state index in [2.05, 4.69) is 27.3 Å². The van der Waals surface area contributed by atoms with E-state index in [0.717, 1.165) is 55.4 Å². The van der Waals surface area contributed by atoms with Crippen LogP contribution in [0.2, 0.25) is 0 Å². The number of thiazole rings is 1. The molecule has 3 aromatic rings. The molecule has 1 aliphatic rings. The summed E-state index contributed by atoms with van der Waals surface area (Å²) < 4.78 is 5.41. The number of carbonyl (C=O) groups excluding carboxylic acids is 1. The average Bonchev–Trinajstić information content (AvgIpc) is 3.40. The first-order valence-electron chi connectivity index (χ1n) is 9.76. The van der Waals surface area contributed by atoms with Crippen molar-refractivity contribution in [1.29, 1.82) is 0 Å². The first kappa shape index (κ1) is 18.9. The van der Waals surface area contributed by atoms with E-state index in [0.29, 0.717) is 6.54 Å². The van der Waals surface area contributed by atoms with Gasteiger partial charge in [0.25, 0.3) is 0 Å². The molecule has 1 fully saturated rings. The molecular formula is C22H25N3O2S. The van der Waals surface area contributed by atoms with Crippen LogP contribution in [0.25, 0.3) is 0 Å². The molecule has 6 heteroatoms. The molecule has 0 aliphatic carbocycles. The van der Waals surface area contributed by atoms with Crippen molar-refractivity contribution in [3.05, 3.63) is 76.1 Å². The zero-order chi connectivity index (χ0) is 19.2. The SMILES string of the molecule is O=C(NCc1csc(Cc2ccccc2)n1)C1CCN(Cc2ccco2)CC1. The molecule has 1 aliphatic heterocycles. The third-order valence-corrected chi connectivity index (χ3v) is 6.06. The summed E-state index contributed by atoms with van der Waals surface area (Å²) in [7, 11) is 0. The van der Waals surface area contributed by atoms with Crippen molar-refractivity contribution < 1.29 is 9.21 Å². The molecule has 0 unspecified atom stereocenters. The molecule has 1 amide bonds. The smallest absolute Gasteiger partial charge is 0.223 e. The van der Waals surface area contributed by atoms with Crippen molar-refractivity contribution in [2.45, 2.75) is 32.4 Å². The van der Waals surface area contributed by atoms with Crippen LogP contribution in [0.5, 0.6) is 0 Å². The lowest BCUT2D eigenvalue weighted by atomic mass is 9.96. The molecule has 146 valence electrons. The van der Waals surface area contributed by atoms with Gasteiger partial charge in [0.2, 0.25) is 5.91 Å². The number of carbonyl (C=O) groups is 1. The molecule has 0 atom stereocenters. The van der Waals surface area contributed by atoms with E-state index in [1.54, 1.807) is 17.6 Å². The highest BCUT2D eigenvalue weighted by atomic mass is 32.1. The highest BCUT2D eigenvalue weighted by molar-refractivity contribution is 7.09. The summed E-state index contributed by atoms with van der Waals surface area (Å²) in [6, 6.07) is 14.3. The zero-order valence-corrected chi connectivity index (χ0v) is 16.7. The summed E-state index contributed by atoms with van der Waals surface area (Å²) in [6.07, 6.45) is 4.33. The average molecular weight is 396 g/mol. The van der Waals surface area contributed by atoms with E-state index in [1.165, 1.54) is 5.56 Å². The van der Waals surface area contributed by atoms with Crippen molar-refractivity contribution in [2.24, 2.45) is 5.92 Å². The summed E-state index contributed by atoms with van der Waals surface area (Å²) in [5, 5.41) is 6.21. The van der Waals surface area contributed by atoms with Gasteiger partial charge in [-0.05, 0) is 43.6 Å². The first-order chi connectivity index (χ1) is 13.8. The Morgan fingerprint density at radius 1 is 1.18 bits per heavy atom. The summed E-state index contributed by atoms with van der Waals surface area (Å²) in [6.45, 7) is 3.19. The number of benzene rings is 1. The van der Waals surface area contributed by atoms with Crippen LogP contribution in [0.3, 0.4) is 0 Å². The number of hydrogen-bond acceptors (Lipinski definition) is 5. The normalized spacial score (nSPS) is 15.6. The summed E-state index contributed by atoms with van der Waals surface area (Å²) in [5.41, 5.74) is 2.20. The number of rotatable bonds is 7. The number of amides is 1. The number of piperidine rings is 1. The fourth-order valence-corrected chi connectivity index (χ4v) is 4.41. The second-order valence-corrected chi connectivity index (χ2v) is 8.19. The molecule has 4 rings (SSSR count). The van der Waals surface area contributed by atoms with Gasteiger partial charge < -0.3 is 9.73 Å². The molecule has 2 aromatic heterocycles. The second-order valence-electron chi connectivity index (χ2n) is 7.24. The van der Waals surface area contributed by atoms with Gasteiger partial charge in [-0.15, -0.1) is 11.3 Å². The summed E-state index contributed by atoms with van der Waals surface area (Å²) in [4.78, 5) is 19.5. The third kappa shape index (κ3) is 5.09. The van der Waals surface area contributed by atoms with Gasteiger partial charge in [-0.1, -0.05) is 30.3 Å². The Kier molecular flexibility index (Phi) is 6.19. The topological polar surface area (TPSA) is 58.4 Å². The van der Waals surface area contributed by atoms with Crippen molar-refractivity contribution in [2.75, 3.05) is 13.1 Å². The molecule has 0 radical (unpaired) electrons. The number of hydrogen-bond donors (Lipinski definition) is 1. The van der Waals surface area contributed by atoms with Crippen molar-refractivity contribution >= 4 is 17.2 Å². The maximum Gasteiger partial charge on any atom is 0.223 e. The van der Waals surface area contributed by atoms with Crippen LogP contribution in [0.4, 0.5) is 0 Å². The van der Waals surface area contributed by atoms with Crippen LogP contribution in [-0.2, 0) is 24.3 Å². The molecule has 1 aromatic carbocycles. The first-order valence-corrected chi connectivity index (χ1v) is 10.6. The van der Waals surface area contributed by atoms with Gasteiger partial charge in [0.15, 0.2) is 0 Å². The molecule has 28 heavy (non-hydrogen) atoms. The van der Waals surface area contributed by atoms with Gasteiger partial charge in [-0.25, -0.2) is 4.98 Å². The lowest BCUT2D eigenvalue weighted by Crippen LogP contribution is -2.40. The minimum absolute atomic E-state index is 0.0928. The number of aromatic nitrogens is 1. The van der Waals surface area contributed by atoms with E-state index in [1.807, 2.05) is 35.7 Å². The minimum atomic E-state index is 0.0928. The largest absolute Gasteiger partial charge is 0.468 e. The predicted molar refractivity (Wildman–Crippen MR) is 110 cm³/mol. The molecule has 1 saturated heterocycles. The fraction of sp³-hybridized carbons (Fsp3) is 0.364. The Balaban J connectivity index is 1.21. The molecule has 0 saturated carbocycles. The molecule has 5 nitrogen and oxygen atoms in total. The maximum absolute atomic E-state index is 12.5. The molecule has 0 bridgehead atoms. The lowest BCUT2D eigenvalue weighted by Gasteiger charge is -2.30. The zero-order valence-electron chi connectivity index (χ0n) is 15.8. The molecule has 3 heterocycles. The second kappa shape index (κ2) is 9.17. The maximum atomic E-state index is 12.5. The van der Waals surface area contributed by atoms with Gasteiger partial charge in [-0.2, -0.15) is 0 Å². The van der Waals surface area contributed by atoms with Crippen LogP contribution in [0.1, 0.15) is 34.9 Å². The Hall–Kier alpha value is -2.44. The van der Waals surface area contributed by atoms with E-state index in [9.17, 15) is 4.79 Å². The number of nitrogens with zero attached hydrogens (tertiary/aromatic N) is 2. The Morgan fingerprint density at radius 3 is 2.75 bits per heavy atom. The quantitative estimate of drug-likeness (QED) is 0.660. The number of likely N-dealkylation sites (tertiary alicyclic amines) is 1. The molecule has 1 N–H and O–H groups in total. The summed E-state index contributed by atoms with van der Waals surface area (Å²) >= 11 is 1.66. The van der Waals surface area contributed by atoms with Gasteiger partial charge in [0.05, 0.1) is 30.1 Å². The van der Waals surface area contributed by atoms with E-state index >= 15 is 0 Å². The molecule has 0 spiro atoms. The fourth-order valence-electron chi connectivity index (χ4n) is 3.58. The van der Waals surface area contributed by atoms with Crippen molar-refractivity contribution in [1.82, 2.24) is 15.2 Å². The van der Waals surface area contributed by atoms with Crippen LogP contribution in [0, 0.1) is 5.92 Å². The van der Waals surface area contributed by atoms with Crippen LogP contribution >= 0.6 is 11.3 Å². The van der Waals surface area contributed by atoms with E-state index < -0.39 is 0 Å². The minimum Gasteiger partial charge on any atom is -0.468 e. The van der Waals surface area contributed by atoms with Gasteiger partial charge in [-0.3, -0.25) is 9.69 Å². The van der Waals surface area contributed by atoms with E-state index in [-0.39, 0.29) is 11.8 Å². The highest BCUT2D eigenvalue weighted by Gasteiger charge is 2.25. The van der Waals surface area contributed by atoms with Gasteiger partial charge >= 0.3 is 0 Å². The summed E-state index contributed by atoms with van der Waals surface area (Å²) in [5.74, 6) is 1.23. The van der Waals surface area contributed by atoms with Crippen LogP contribution in [0.15, 0.2) is 58.5 Å². The number of nitrogens with one attached hydrogen (secondary N) is 1. The molecular weight excluding hydrogens is 370 g/mol. The van der Waals surface area contributed by atoms with Crippen molar-refractivity contribution in [3.8, 4) is 0 Å². The third-order valence-electron chi connectivity index (χ3n) is 5.16. The van der Waals surface area contributed by atoms with Gasteiger partial charge in [0, 0.05) is 17.7 Å². The van der Waals surface area contributed by atoms with Crippen LogP contribution in [-0.4, -0.2) is 28.9 Å². The highest BCUT2D eigenvalue weighted by Crippen LogP contribution is 2.20. The number of furan rings is 1. The Bertz CT molecular complexity index is 868. The Morgan fingerprint density at radius 2 is 2.00 bits per heavy atom. The van der Waals surface area contributed by atoms with Gasteiger partial charge in [0.1, 0.15) is 5.76 Å². The monoisotopic (exact) mass is 395 g/mol. The Labute approximate surface area is 169 Å².